The van der Waals surface area contributed by atoms with Crippen LogP contribution in [0.25, 0.3) is 0 Å². The molecule has 0 aromatic carbocycles. The summed E-state index contributed by atoms with van der Waals surface area (Å²) < 4.78 is 5.28. The summed E-state index contributed by atoms with van der Waals surface area (Å²) in [4.78, 5) is 24.3. The second-order valence-corrected chi connectivity index (χ2v) is 4.51. The molecule has 0 spiro atoms. The van der Waals surface area contributed by atoms with Gasteiger partial charge in [-0.05, 0) is 26.3 Å². The quantitative estimate of drug-likeness (QED) is 0.857. The van der Waals surface area contributed by atoms with Crippen molar-refractivity contribution in [3.05, 3.63) is 23.2 Å². The van der Waals surface area contributed by atoms with Gasteiger partial charge in [0.05, 0.1) is 6.54 Å². The van der Waals surface area contributed by atoms with Gasteiger partial charge < -0.3 is 19.7 Å². The number of carboxylic acid groups (broad SMARTS) is 1. The molecule has 0 bridgehead atoms. The van der Waals surface area contributed by atoms with Crippen molar-refractivity contribution >= 4 is 12.0 Å². The second-order valence-electron chi connectivity index (χ2n) is 4.51. The number of hydrogen-bond acceptors (Lipinski definition) is 3. The Labute approximate surface area is 112 Å². The van der Waals surface area contributed by atoms with E-state index in [1.54, 1.807) is 18.9 Å². The third-order valence-corrected chi connectivity index (χ3v) is 3.19. The highest BCUT2D eigenvalue weighted by Crippen LogP contribution is 2.14. The van der Waals surface area contributed by atoms with Crippen molar-refractivity contribution in [3.8, 4) is 0 Å². The lowest BCUT2D eigenvalue weighted by molar-refractivity contribution is 0.0695. The van der Waals surface area contributed by atoms with Gasteiger partial charge in [0.1, 0.15) is 17.1 Å². The largest absolute Gasteiger partial charge is 0.478 e. The summed E-state index contributed by atoms with van der Waals surface area (Å²) in [5.74, 6) is -0.261. The van der Waals surface area contributed by atoms with Gasteiger partial charge in [-0.3, -0.25) is 0 Å². The number of carbonyl (C=O) groups excluding carboxylic acids is 1. The molecule has 1 unspecified atom stereocenters. The molecule has 2 N–H and O–H groups in total. The number of urea groups is 1. The first-order valence-corrected chi connectivity index (χ1v) is 6.20. The maximum Gasteiger partial charge on any atom is 0.339 e. The van der Waals surface area contributed by atoms with E-state index in [1.807, 2.05) is 13.8 Å². The molecule has 106 valence electrons. The normalized spacial score (nSPS) is 12.0. The van der Waals surface area contributed by atoms with Crippen LogP contribution in [0.2, 0.25) is 0 Å². The van der Waals surface area contributed by atoms with Crippen molar-refractivity contribution in [2.75, 3.05) is 7.05 Å². The molecule has 0 saturated carbocycles. The van der Waals surface area contributed by atoms with Crippen LogP contribution in [0.5, 0.6) is 0 Å². The van der Waals surface area contributed by atoms with Crippen LogP contribution in [0, 0.1) is 6.92 Å². The van der Waals surface area contributed by atoms with E-state index in [4.69, 9.17) is 9.52 Å². The zero-order valence-corrected chi connectivity index (χ0v) is 11.7. The van der Waals surface area contributed by atoms with E-state index < -0.39 is 5.97 Å². The summed E-state index contributed by atoms with van der Waals surface area (Å²) in [6, 6.07) is 1.37. The van der Waals surface area contributed by atoms with Gasteiger partial charge in [-0.25, -0.2) is 9.59 Å². The van der Waals surface area contributed by atoms with Gasteiger partial charge in [-0.1, -0.05) is 6.92 Å². The first kappa shape index (κ1) is 15.1. The first-order valence-electron chi connectivity index (χ1n) is 6.20. The molecule has 0 fully saturated rings. The lowest BCUT2D eigenvalue weighted by Crippen LogP contribution is -2.41. The van der Waals surface area contributed by atoms with Crippen molar-refractivity contribution in [1.29, 1.82) is 0 Å². The van der Waals surface area contributed by atoms with Crippen molar-refractivity contribution in [1.82, 2.24) is 10.2 Å². The molecule has 0 radical (unpaired) electrons. The lowest BCUT2D eigenvalue weighted by atomic mass is 10.2. The Morgan fingerprint density at radius 3 is 2.63 bits per heavy atom. The van der Waals surface area contributed by atoms with Gasteiger partial charge in [0.15, 0.2) is 0 Å². The Bertz CT molecular complexity index is 467. The fraction of sp³-hybridized carbons (Fsp3) is 0.538. The highest BCUT2D eigenvalue weighted by molar-refractivity contribution is 5.88. The molecule has 0 aliphatic heterocycles. The predicted octanol–water partition coefficient (Wildman–Crippen LogP) is 2.23. The molecular formula is C13H20N2O4. The van der Waals surface area contributed by atoms with Crippen molar-refractivity contribution in [2.24, 2.45) is 0 Å². The van der Waals surface area contributed by atoms with Crippen LogP contribution in [0.3, 0.4) is 0 Å². The van der Waals surface area contributed by atoms with E-state index in [1.165, 1.54) is 6.07 Å². The average Bonchev–Trinajstić information content (AvgIpc) is 2.75. The van der Waals surface area contributed by atoms with Gasteiger partial charge in [0.25, 0.3) is 0 Å². The predicted molar refractivity (Wildman–Crippen MR) is 70.2 cm³/mol. The SMILES string of the molecule is CCC(C)N(C)C(=O)NCc1cc(C(=O)O)c(C)o1. The number of nitrogens with one attached hydrogen (secondary N) is 1. The van der Waals surface area contributed by atoms with E-state index >= 15 is 0 Å². The Kier molecular flexibility index (Phi) is 4.97. The summed E-state index contributed by atoms with van der Waals surface area (Å²) >= 11 is 0. The smallest absolute Gasteiger partial charge is 0.339 e. The van der Waals surface area contributed by atoms with Crippen LogP contribution in [0.4, 0.5) is 4.79 Å². The van der Waals surface area contributed by atoms with Crippen LogP contribution in [0.15, 0.2) is 10.5 Å². The van der Waals surface area contributed by atoms with Crippen LogP contribution in [-0.2, 0) is 6.54 Å². The summed E-state index contributed by atoms with van der Waals surface area (Å²) in [6.45, 7) is 5.72. The minimum absolute atomic E-state index is 0.125. The van der Waals surface area contributed by atoms with Crippen LogP contribution in [0.1, 0.15) is 42.1 Å². The van der Waals surface area contributed by atoms with Gasteiger partial charge in [-0.15, -0.1) is 0 Å². The third-order valence-electron chi connectivity index (χ3n) is 3.19. The number of aromatic carboxylic acids is 1. The number of carbonyl (C=O) groups is 2. The standard InChI is InChI=1S/C13H20N2O4/c1-5-8(2)15(4)13(18)14-7-10-6-11(12(16)17)9(3)19-10/h6,8H,5,7H2,1-4H3,(H,14,18)(H,16,17). The van der Waals surface area contributed by atoms with E-state index in [9.17, 15) is 9.59 Å². The van der Waals surface area contributed by atoms with Gasteiger partial charge in [0.2, 0.25) is 0 Å². The van der Waals surface area contributed by atoms with E-state index in [2.05, 4.69) is 5.32 Å². The number of carboxylic acids is 1. The van der Waals surface area contributed by atoms with Crippen LogP contribution >= 0.6 is 0 Å². The van der Waals surface area contributed by atoms with E-state index in [-0.39, 0.29) is 24.2 Å². The molecule has 2 amide bonds. The molecule has 1 atom stereocenters. The number of amides is 2. The molecule has 1 aromatic rings. The highest BCUT2D eigenvalue weighted by Gasteiger charge is 2.16. The number of furan rings is 1. The minimum Gasteiger partial charge on any atom is -0.478 e. The zero-order valence-electron chi connectivity index (χ0n) is 11.7. The minimum atomic E-state index is -1.03. The first-order chi connectivity index (χ1) is 8.86. The summed E-state index contributed by atoms with van der Waals surface area (Å²) in [5.41, 5.74) is 0.125. The maximum absolute atomic E-state index is 11.8. The summed E-state index contributed by atoms with van der Waals surface area (Å²) in [7, 11) is 1.72. The van der Waals surface area contributed by atoms with Gasteiger partial charge in [-0.2, -0.15) is 0 Å². The molecule has 1 aromatic heterocycles. The molecule has 19 heavy (non-hydrogen) atoms. The monoisotopic (exact) mass is 268 g/mol. The Hall–Kier alpha value is -1.98. The molecule has 1 rings (SSSR count). The lowest BCUT2D eigenvalue weighted by Gasteiger charge is -2.23. The van der Waals surface area contributed by atoms with Crippen molar-refractivity contribution in [3.63, 3.8) is 0 Å². The molecule has 6 heteroatoms. The highest BCUT2D eigenvalue weighted by atomic mass is 16.4. The van der Waals surface area contributed by atoms with E-state index in [0.29, 0.717) is 11.5 Å². The number of aryl methyl sites for hydroxylation is 1. The molecular weight excluding hydrogens is 248 g/mol. The Balaban J connectivity index is 2.60. The number of hydrogen-bond donors (Lipinski definition) is 2. The molecule has 0 saturated heterocycles. The zero-order chi connectivity index (χ0) is 14.6. The number of nitrogens with zero attached hydrogens (tertiary/aromatic N) is 1. The van der Waals surface area contributed by atoms with Gasteiger partial charge in [0, 0.05) is 13.1 Å². The molecule has 0 aliphatic rings. The summed E-state index contributed by atoms with van der Waals surface area (Å²) in [5, 5.41) is 11.6. The van der Waals surface area contributed by atoms with E-state index in [0.717, 1.165) is 6.42 Å². The van der Waals surface area contributed by atoms with Crippen molar-refractivity contribution in [2.45, 2.75) is 39.8 Å². The fourth-order valence-corrected chi connectivity index (χ4v) is 1.60. The fourth-order valence-electron chi connectivity index (χ4n) is 1.60. The molecule has 1 heterocycles. The molecule has 6 nitrogen and oxygen atoms in total. The van der Waals surface area contributed by atoms with Crippen LogP contribution in [-0.4, -0.2) is 35.1 Å². The average molecular weight is 268 g/mol. The Morgan fingerprint density at radius 1 is 1.53 bits per heavy atom. The molecule has 0 aliphatic carbocycles. The topological polar surface area (TPSA) is 82.8 Å². The third kappa shape index (κ3) is 3.74. The van der Waals surface area contributed by atoms with Crippen molar-refractivity contribution < 1.29 is 19.1 Å². The second kappa shape index (κ2) is 6.26. The summed E-state index contributed by atoms with van der Waals surface area (Å²) in [6.07, 6.45) is 0.868. The Morgan fingerprint density at radius 2 is 2.16 bits per heavy atom. The van der Waals surface area contributed by atoms with Crippen LogP contribution < -0.4 is 5.32 Å². The maximum atomic E-state index is 11.8. The number of rotatable bonds is 5. The van der Waals surface area contributed by atoms with Gasteiger partial charge >= 0.3 is 12.0 Å².